The van der Waals surface area contributed by atoms with Gasteiger partial charge in [0.2, 0.25) is 11.8 Å². The summed E-state index contributed by atoms with van der Waals surface area (Å²) >= 11 is 6.00. The van der Waals surface area contributed by atoms with Crippen molar-refractivity contribution in [2.24, 2.45) is 0 Å². The van der Waals surface area contributed by atoms with E-state index in [0.29, 0.717) is 31.0 Å². The lowest BCUT2D eigenvalue weighted by Gasteiger charge is -2.35. The van der Waals surface area contributed by atoms with Gasteiger partial charge in [0.15, 0.2) is 0 Å². The Morgan fingerprint density at radius 1 is 1.48 bits per heavy atom. The molecule has 0 bridgehead atoms. The molecular weight excluding hydrogens is 316 g/mol. The number of carbonyl (C=O) groups is 2. The Labute approximate surface area is 141 Å². The van der Waals surface area contributed by atoms with Gasteiger partial charge in [-0.05, 0) is 50.5 Å². The van der Waals surface area contributed by atoms with Crippen molar-refractivity contribution in [3.05, 3.63) is 28.8 Å². The van der Waals surface area contributed by atoms with Gasteiger partial charge in [-0.1, -0.05) is 11.6 Å². The van der Waals surface area contributed by atoms with Crippen molar-refractivity contribution in [2.45, 2.75) is 38.6 Å². The number of hydrogen-bond acceptors (Lipinski definition) is 3. The Morgan fingerprint density at radius 2 is 2.22 bits per heavy atom. The second kappa shape index (κ2) is 7.32. The van der Waals surface area contributed by atoms with Gasteiger partial charge >= 0.3 is 0 Å². The minimum atomic E-state index is -0.872. The van der Waals surface area contributed by atoms with Gasteiger partial charge in [-0.2, -0.15) is 0 Å². The number of hydrogen-bond donors (Lipinski definition) is 1. The van der Waals surface area contributed by atoms with Crippen LogP contribution in [0.2, 0.25) is 5.02 Å². The SMILES string of the molecule is COCCCNC(=O)C1(C)CCC(=O)N1c1ccc(Cl)cc1C. The van der Waals surface area contributed by atoms with Gasteiger partial charge in [-0.15, -0.1) is 0 Å². The standard InChI is InChI=1S/C17H23ClN2O3/c1-12-11-13(18)5-6-14(12)20-15(21)7-8-17(20,2)16(22)19-9-4-10-23-3/h5-6,11H,4,7-10H2,1-3H3,(H,19,22). The lowest BCUT2D eigenvalue weighted by molar-refractivity contribution is -0.127. The zero-order chi connectivity index (χ0) is 17.0. The van der Waals surface area contributed by atoms with Crippen molar-refractivity contribution in [3.63, 3.8) is 0 Å². The Balaban J connectivity index is 2.22. The van der Waals surface area contributed by atoms with Crippen LogP contribution in [0.4, 0.5) is 5.69 Å². The third kappa shape index (κ3) is 3.67. The maximum absolute atomic E-state index is 12.7. The van der Waals surface area contributed by atoms with Crippen molar-refractivity contribution in [2.75, 3.05) is 25.2 Å². The van der Waals surface area contributed by atoms with Gasteiger partial charge < -0.3 is 10.1 Å². The summed E-state index contributed by atoms with van der Waals surface area (Å²) in [6.07, 6.45) is 1.61. The molecule has 0 aromatic heterocycles. The number of ether oxygens (including phenoxy) is 1. The normalized spacial score (nSPS) is 20.9. The number of nitrogens with zero attached hydrogens (tertiary/aromatic N) is 1. The van der Waals surface area contributed by atoms with Crippen molar-refractivity contribution in [3.8, 4) is 0 Å². The second-order valence-corrected chi connectivity index (χ2v) is 6.47. The number of benzene rings is 1. The maximum Gasteiger partial charge on any atom is 0.246 e. The van der Waals surface area contributed by atoms with Gasteiger partial charge in [-0.25, -0.2) is 0 Å². The fourth-order valence-corrected chi connectivity index (χ4v) is 3.17. The highest BCUT2D eigenvalue weighted by atomic mass is 35.5. The van der Waals surface area contributed by atoms with E-state index in [1.165, 1.54) is 0 Å². The first-order valence-electron chi connectivity index (χ1n) is 7.76. The average molecular weight is 339 g/mol. The quantitative estimate of drug-likeness (QED) is 0.811. The average Bonchev–Trinajstić information content (AvgIpc) is 2.81. The van der Waals surface area contributed by atoms with E-state index in [0.717, 1.165) is 17.7 Å². The molecule has 5 nitrogen and oxygen atoms in total. The van der Waals surface area contributed by atoms with Crippen molar-refractivity contribution >= 4 is 29.1 Å². The minimum absolute atomic E-state index is 0.0371. The van der Waals surface area contributed by atoms with Crippen LogP contribution in [-0.4, -0.2) is 37.6 Å². The van der Waals surface area contributed by atoms with Crippen LogP contribution in [0.25, 0.3) is 0 Å². The topological polar surface area (TPSA) is 58.6 Å². The highest BCUT2D eigenvalue weighted by Gasteiger charge is 2.48. The predicted octanol–water partition coefficient (Wildman–Crippen LogP) is 2.69. The summed E-state index contributed by atoms with van der Waals surface area (Å²) in [6.45, 7) is 4.83. The van der Waals surface area contributed by atoms with E-state index in [1.807, 2.05) is 13.8 Å². The molecule has 126 valence electrons. The monoisotopic (exact) mass is 338 g/mol. The highest BCUT2D eigenvalue weighted by Crippen LogP contribution is 2.37. The van der Waals surface area contributed by atoms with Gasteiger partial charge in [0, 0.05) is 37.4 Å². The predicted molar refractivity (Wildman–Crippen MR) is 90.8 cm³/mol. The smallest absolute Gasteiger partial charge is 0.246 e. The Bertz CT molecular complexity index is 606. The molecule has 1 heterocycles. The molecule has 1 saturated heterocycles. The van der Waals surface area contributed by atoms with Crippen LogP contribution in [0.5, 0.6) is 0 Å². The minimum Gasteiger partial charge on any atom is -0.385 e. The lowest BCUT2D eigenvalue weighted by Crippen LogP contribution is -2.55. The Kier molecular flexibility index (Phi) is 5.65. The molecule has 1 aromatic carbocycles. The number of aryl methyl sites for hydroxylation is 1. The van der Waals surface area contributed by atoms with E-state index in [-0.39, 0.29) is 11.8 Å². The van der Waals surface area contributed by atoms with Crippen LogP contribution < -0.4 is 10.2 Å². The summed E-state index contributed by atoms with van der Waals surface area (Å²) in [4.78, 5) is 26.7. The number of rotatable bonds is 6. The van der Waals surface area contributed by atoms with Crippen LogP contribution in [-0.2, 0) is 14.3 Å². The van der Waals surface area contributed by atoms with E-state index in [4.69, 9.17) is 16.3 Å². The molecular formula is C17H23ClN2O3. The molecule has 0 saturated carbocycles. The molecule has 0 aliphatic carbocycles. The van der Waals surface area contributed by atoms with E-state index >= 15 is 0 Å². The summed E-state index contributed by atoms with van der Waals surface area (Å²) in [5.74, 6) is -0.168. The van der Waals surface area contributed by atoms with Gasteiger partial charge in [0.05, 0.1) is 0 Å². The lowest BCUT2D eigenvalue weighted by atomic mass is 9.96. The van der Waals surface area contributed by atoms with Crippen LogP contribution >= 0.6 is 11.6 Å². The summed E-state index contributed by atoms with van der Waals surface area (Å²) in [6, 6.07) is 5.35. The number of halogens is 1. The number of amides is 2. The number of carbonyl (C=O) groups excluding carboxylic acids is 2. The maximum atomic E-state index is 12.7. The molecule has 1 aliphatic rings. The number of methoxy groups -OCH3 is 1. The molecule has 23 heavy (non-hydrogen) atoms. The first-order valence-corrected chi connectivity index (χ1v) is 8.14. The molecule has 1 aromatic rings. The molecule has 1 unspecified atom stereocenters. The van der Waals surface area contributed by atoms with Crippen LogP contribution in [0.15, 0.2) is 18.2 Å². The van der Waals surface area contributed by atoms with Crippen LogP contribution in [0.1, 0.15) is 31.7 Å². The van der Waals surface area contributed by atoms with Crippen LogP contribution in [0.3, 0.4) is 0 Å². The molecule has 2 rings (SSSR count). The van der Waals surface area contributed by atoms with E-state index < -0.39 is 5.54 Å². The summed E-state index contributed by atoms with van der Waals surface area (Å²) in [7, 11) is 1.63. The summed E-state index contributed by atoms with van der Waals surface area (Å²) < 4.78 is 4.98. The molecule has 1 fully saturated rings. The van der Waals surface area contributed by atoms with Crippen molar-refractivity contribution in [1.29, 1.82) is 0 Å². The number of anilines is 1. The molecule has 2 amide bonds. The second-order valence-electron chi connectivity index (χ2n) is 6.04. The molecule has 6 heteroatoms. The first kappa shape index (κ1) is 17.8. The van der Waals surface area contributed by atoms with Crippen molar-refractivity contribution < 1.29 is 14.3 Å². The highest BCUT2D eigenvalue weighted by molar-refractivity contribution is 6.30. The molecule has 0 spiro atoms. The van der Waals surface area contributed by atoms with Crippen LogP contribution in [0, 0.1) is 6.92 Å². The molecule has 1 aliphatic heterocycles. The fourth-order valence-electron chi connectivity index (χ4n) is 2.94. The van der Waals surface area contributed by atoms with Gasteiger partial charge in [0.25, 0.3) is 0 Å². The summed E-state index contributed by atoms with van der Waals surface area (Å²) in [5, 5.41) is 3.53. The molecule has 1 N–H and O–H groups in total. The Hall–Kier alpha value is -1.59. The van der Waals surface area contributed by atoms with E-state index in [1.54, 1.807) is 30.2 Å². The van der Waals surface area contributed by atoms with Gasteiger partial charge in [-0.3, -0.25) is 14.5 Å². The fraction of sp³-hybridized carbons (Fsp3) is 0.529. The largest absolute Gasteiger partial charge is 0.385 e. The van der Waals surface area contributed by atoms with E-state index in [9.17, 15) is 9.59 Å². The Morgan fingerprint density at radius 3 is 2.87 bits per heavy atom. The van der Waals surface area contributed by atoms with Crippen molar-refractivity contribution in [1.82, 2.24) is 5.32 Å². The third-order valence-electron chi connectivity index (χ3n) is 4.27. The van der Waals surface area contributed by atoms with E-state index in [2.05, 4.69) is 5.32 Å². The van der Waals surface area contributed by atoms with Gasteiger partial charge in [0.1, 0.15) is 5.54 Å². The first-order chi connectivity index (χ1) is 10.9. The third-order valence-corrected chi connectivity index (χ3v) is 4.50. The molecule has 1 atom stereocenters. The number of nitrogens with one attached hydrogen (secondary N) is 1. The zero-order valence-corrected chi connectivity index (χ0v) is 14.6. The molecule has 0 radical (unpaired) electrons. The summed E-state index contributed by atoms with van der Waals surface area (Å²) in [5.41, 5.74) is 0.751. The zero-order valence-electron chi connectivity index (χ0n) is 13.8.